The van der Waals surface area contributed by atoms with Crippen LogP contribution >= 0.6 is 0 Å². The lowest BCUT2D eigenvalue weighted by Crippen LogP contribution is -2.24. The van der Waals surface area contributed by atoms with Crippen molar-refractivity contribution in [3.63, 3.8) is 0 Å². The zero-order valence-electron chi connectivity index (χ0n) is 9.00. The fourth-order valence-electron chi connectivity index (χ4n) is 1.93. The molecule has 1 aliphatic rings. The Bertz CT molecular complexity index is 353. The first-order valence-electron chi connectivity index (χ1n) is 5.39. The molecule has 0 aromatic heterocycles. The molecule has 1 fully saturated rings. The Morgan fingerprint density at radius 2 is 2.19 bits per heavy atom. The Kier molecular flexibility index (Phi) is 3.41. The summed E-state index contributed by atoms with van der Waals surface area (Å²) in [7, 11) is 0. The number of carbonyl (C=O) groups is 1. The molecule has 16 heavy (non-hydrogen) atoms. The smallest absolute Gasteiger partial charge is 0.329 e. The van der Waals surface area contributed by atoms with Crippen LogP contribution < -0.4 is 4.90 Å². The van der Waals surface area contributed by atoms with Gasteiger partial charge in [-0.1, -0.05) is 18.2 Å². The van der Waals surface area contributed by atoms with E-state index in [1.54, 1.807) is 0 Å². The Morgan fingerprint density at radius 1 is 1.44 bits per heavy atom. The van der Waals surface area contributed by atoms with Crippen LogP contribution in [0.1, 0.15) is 6.42 Å². The third kappa shape index (κ3) is 2.73. The molecule has 4 nitrogen and oxygen atoms in total. The maximum Gasteiger partial charge on any atom is 0.329 e. The summed E-state index contributed by atoms with van der Waals surface area (Å²) in [5, 5.41) is 8.52. The molecule has 1 aromatic rings. The van der Waals surface area contributed by atoms with Gasteiger partial charge in [0, 0.05) is 18.8 Å². The number of para-hydroxylation sites is 1. The lowest BCUT2D eigenvalue weighted by atomic mass is 10.3. The van der Waals surface area contributed by atoms with E-state index < -0.39 is 5.97 Å². The van der Waals surface area contributed by atoms with Crippen molar-refractivity contribution in [2.24, 2.45) is 0 Å². The van der Waals surface area contributed by atoms with E-state index in [1.807, 2.05) is 18.2 Å². The summed E-state index contributed by atoms with van der Waals surface area (Å²) < 4.78 is 5.27. The average Bonchev–Trinajstić information content (AvgIpc) is 2.76. The van der Waals surface area contributed by atoms with Gasteiger partial charge in [-0.25, -0.2) is 4.79 Å². The van der Waals surface area contributed by atoms with E-state index in [0.717, 1.165) is 19.5 Å². The number of ether oxygens (including phenoxy) is 1. The van der Waals surface area contributed by atoms with Gasteiger partial charge >= 0.3 is 5.97 Å². The summed E-state index contributed by atoms with van der Waals surface area (Å²) in [6, 6.07) is 10.1. The van der Waals surface area contributed by atoms with Crippen molar-refractivity contribution < 1.29 is 14.6 Å². The van der Waals surface area contributed by atoms with Gasteiger partial charge in [-0.15, -0.1) is 0 Å². The average molecular weight is 221 g/mol. The van der Waals surface area contributed by atoms with Crippen molar-refractivity contribution in [2.75, 3.05) is 24.6 Å². The fourth-order valence-corrected chi connectivity index (χ4v) is 1.93. The minimum Gasteiger partial charge on any atom is -0.480 e. The van der Waals surface area contributed by atoms with Crippen LogP contribution in [0.3, 0.4) is 0 Å². The van der Waals surface area contributed by atoms with Gasteiger partial charge in [0.05, 0.1) is 6.10 Å². The van der Waals surface area contributed by atoms with Gasteiger partial charge in [-0.2, -0.15) is 0 Å². The molecule has 0 bridgehead atoms. The summed E-state index contributed by atoms with van der Waals surface area (Å²) in [6.07, 6.45) is 0.929. The summed E-state index contributed by atoms with van der Waals surface area (Å²) >= 11 is 0. The van der Waals surface area contributed by atoms with Gasteiger partial charge in [0.15, 0.2) is 0 Å². The number of aliphatic carboxylic acids is 1. The highest BCUT2D eigenvalue weighted by atomic mass is 16.5. The van der Waals surface area contributed by atoms with Crippen molar-refractivity contribution in [1.29, 1.82) is 0 Å². The van der Waals surface area contributed by atoms with Crippen LogP contribution in [-0.2, 0) is 9.53 Å². The molecule has 0 saturated carbocycles. The second kappa shape index (κ2) is 4.99. The topological polar surface area (TPSA) is 49.8 Å². The van der Waals surface area contributed by atoms with Gasteiger partial charge in [0.2, 0.25) is 0 Å². The third-order valence-electron chi connectivity index (χ3n) is 2.71. The molecule has 1 unspecified atom stereocenters. The first-order valence-corrected chi connectivity index (χ1v) is 5.39. The van der Waals surface area contributed by atoms with Gasteiger partial charge in [0.1, 0.15) is 6.61 Å². The van der Waals surface area contributed by atoms with Crippen LogP contribution in [0.25, 0.3) is 0 Å². The van der Waals surface area contributed by atoms with E-state index in [1.165, 1.54) is 5.69 Å². The van der Waals surface area contributed by atoms with Crippen LogP contribution in [0.4, 0.5) is 5.69 Å². The van der Waals surface area contributed by atoms with Crippen molar-refractivity contribution in [3.8, 4) is 0 Å². The Morgan fingerprint density at radius 3 is 2.88 bits per heavy atom. The van der Waals surface area contributed by atoms with Crippen LogP contribution in [0.2, 0.25) is 0 Å². The zero-order valence-corrected chi connectivity index (χ0v) is 9.00. The van der Waals surface area contributed by atoms with Gasteiger partial charge < -0.3 is 14.7 Å². The van der Waals surface area contributed by atoms with Crippen molar-refractivity contribution in [2.45, 2.75) is 12.5 Å². The molecule has 1 atom stereocenters. The lowest BCUT2D eigenvalue weighted by molar-refractivity contribution is -0.143. The Labute approximate surface area is 94.4 Å². The molecular formula is C12H15NO3. The maximum atomic E-state index is 10.4. The minimum atomic E-state index is -0.904. The zero-order chi connectivity index (χ0) is 11.4. The Balaban J connectivity index is 1.86. The summed E-state index contributed by atoms with van der Waals surface area (Å²) in [4.78, 5) is 12.6. The largest absolute Gasteiger partial charge is 0.480 e. The number of benzene rings is 1. The second-order valence-corrected chi connectivity index (χ2v) is 3.90. The highest BCUT2D eigenvalue weighted by Crippen LogP contribution is 2.21. The van der Waals surface area contributed by atoms with Gasteiger partial charge in [-0.3, -0.25) is 0 Å². The molecular weight excluding hydrogens is 206 g/mol. The maximum absolute atomic E-state index is 10.4. The van der Waals surface area contributed by atoms with Gasteiger partial charge in [0.25, 0.3) is 0 Å². The predicted octanol–water partition coefficient (Wildman–Crippen LogP) is 1.37. The summed E-state index contributed by atoms with van der Waals surface area (Å²) in [5.74, 6) is -0.904. The van der Waals surface area contributed by atoms with Crippen molar-refractivity contribution >= 4 is 11.7 Å². The molecule has 1 heterocycles. The van der Waals surface area contributed by atoms with E-state index in [9.17, 15) is 4.79 Å². The molecule has 4 heteroatoms. The fraction of sp³-hybridized carbons (Fsp3) is 0.417. The molecule has 0 amide bonds. The molecule has 0 spiro atoms. The first kappa shape index (κ1) is 11.0. The number of hydrogen-bond donors (Lipinski definition) is 1. The van der Waals surface area contributed by atoms with E-state index >= 15 is 0 Å². The normalized spacial score (nSPS) is 20.0. The molecule has 2 rings (SSSR count). The number of rotatable bonds is 4. The molecule has 0 aliphatic carbocycles. The quantitative estimate of drug-likeness (QED) is 0.834. The molecule has 1 aromatic carbocycles. The molecule has 86 valence electrons. The highest BCUT2D eigenvalue weighted by molar-refractivity contribution is 5.68. The molecule has 0 radical (unpaired) electrons. The monoisotopic (exact) mass is 221 g/mol. The molecule has 1 saturated heterocycles. The van der Waals surface area contributed by atoms with E-state index in [-0.39, 0.29) is 12.7 Å². The molecule has 1 aliphatic heterocycles. The second-order valence-electron chi connectivity index (χ2n) is 3.90. The van der Waals surface area contributed by atoms with E-state index in [4.69, 9.17) is 9.84 Å². The number of anilines is 1. The number of hydrogen-bond acceptors (Lipinski definition) is 3. The van der Waals surface area contributed by atoms with Crippen molar-refractivity contribution in [1.82, 2.24) is 0 Å². The SMILES string of the molecule is O=C(O)COC1CCN(c2ccccc2)C1. The van der Waals surface area contributed by atoms with Crippen LogP contribution in [-0.4, -0.2) is 36.9 Å². The minimum absolute atomic E-state index is 0.0382. The van der Waals surface area contributed by atoms with E-state index in [0.29, 0.717) is 0 Å². The molecule has 1 N–H and O–H groups in total. The van der Waals surface area contributed by atoms with Crippen LogP contribution in [0, 0.1) is 0 Å². The standard InChI is InChI=1S/C12H15NO3/c14-12(15)9-16-11-6-7-13(8-11)10-4-2-1-3-5-10/h1-5,11H,6-9H2,(H,14,15). The van der Waals surface area contributed by atoms with Crippen molar-refractivity contribution in [3.05, 3.63) is 30.3 Å². The third-order valence-corrected chi connectivity index (χ3v) is 2.71. The van der Waals surface area contributed by atoms with E-state index in [2.05, 4.69) is 17.0 Å². The number of carboxylic acid groups (broad SMARTS) is 1. The first-order chi connectivity index (χ1) is 7.75. The Hall–Kier alpha value is -1.55. The number of nitrogens with zero attached hydrogens (tertiary/aromatic N) is 1. The predicted molar refractivity (Wildman–Crippen MR) is 60.6 cm³/mol. The summed E-state index contributed by atoms with van der Waals surface area (Å²) in [5.41, 5.74) is 1.17. The number of carboxylic acids is 1. The summed E-state index contributed by atoms with van der Waals surface area (Å²) in [6.45, 7) is 1.50. The highest BCUT2D eigenvalue weighted by Gasteiger charge is 2.23. The van der Waals surface area contributed by atoms with Crippen LogP contribution in [0.15, 0.2) is 30.3 Å². The van der Waals surface area contributed by atoms with Gasteiger partial charge in [-0.05, 0) is 18.6 Å². The van der Waals surface area contributed by atoms with Crippen LogP contribution in [0.5, 0.6) is 0 Å². The lowest BCUT2D eigenvalue weighted by Gasteiger charge is -2.18.